The van der Waals surface area contributed by atoms with Gasteiger partial charge in [-0.25, -0.2) is 0 Å². The molecule has 8 heteroatoms. The zero-order valence-corrected chi connectivity index (χ0v) is 24.1. The van der Waals surface area contributed by atoms with Gasteiger partial charge in [0.2, 0.25) is 0 Å². The van der Waals surface area contributed by atoms with Crippen LogP contribution in [0, 0.1) is 0 Å². The molecular weight excluding hydrogens is 643 g/mol. The molecule has 40 heavy (non-hydrogen) atoms. The SMILES string of the molecule is [2H]c1c([2H])c([2H])c([PH](CCC2(I)CN(Cc3ccc(C(F)(F)F)cc3)C(=O)N2C)(c2c([2H])c([2H])c([2H])c([2H])c2[2H])c2c([2H])c([2H])c([2H])c([2H])c2[2H])c([2H])c1[2H]. The van der Waals surface area contributed by atoms with Gasteiger partial charge in [0.15, 0.2) is 0 Å². The molecule has 1 aliphatic heterocycles. The van der Waals surface area contributed by atoms with Gasteiger partial charge in [0.25, 0.3) is 0 Å². The van der Waals surface area contributed by atoms with E-state index >= 15 is 0 Å². The number of carbonyl (C=O) groups is 1. The van der Waals surface area contributed by atoms with E-state index in [0.717, 1.165) is 12.1 Å². The van der Waals surface area contributed by atoms with Crippen molar-refractivity contribution >= 4 is 51.8 Å². The number of hydrogen-bond donors (Lipinski definition) is 0. The Morgan fingerprint density at radius 2 is 1.30 bits per heavy atom. The molecule has 0 saturated carbocycles. The summed E-state index contributed by atoms with van der Waals surface area (Å²) in [5.41, 5.74) is -0.532. The molecule has 1 saturated heterocycles. The molecule has 2 amide bonds. The fourth-order valence-corrected chi connectivity index (χ4v) is 10.1. The van der Waals surface area contributed by atoms with Crippen molar-refractivity contribution in [1.82, 2.24) is 9.80 Å². The fraction of sp³-hybridized carbons (Fsp3) is 0.219. The van der Waals surface area contributed by atoms with E-state index in [-0.39, 0.29) is 19.5 Å². The minimum atomic E-state index is -5.10. The Kier molecular flexibility index (Phi) is 4.43. The van der Waals surface area contributed by atoms with Crippen LogP contribution in [0.4, 0.5) is 18.0 Å². The molecule has 5 rings (SSSR count). The monoisotopic (exact) mass is 689 g/mol. The van der Waals surface area contributed by atoms with Crippen molar-refractivity contribution in [3.8, 4) is 0 Å². The van der Waals surface area contributed by atoms with Gasteiger partial charge < -0.3 is 0 Å². The van der Waals surface area contributed by atoms with Crippen LogP contribution in [-0.2, 0) is 12.7 Å². The van der Waals surface area contributed by atoms with Gasteiger partial charge in [-0.3, -0.25) is 0 Å². The summed E-state index contributed by atoms with van der Waals surface area (Å²) in [4.78, 5) is 16.3. The minimum absolute atomic E-state index is 0.115. The fourth-order valence-electron chi connectivity index (χ4n) is 4.76. The van der Waals surface area contributed by atoms with Crippen molar-refractivity contribution in [2.75, 3.05) is 19.8 Å². The van der Waals surface area contributed by atoms with Crippen molar-refractivity contribution in [1.29, 1.82) is 0 Å². The van der Waals surface area contributed by atoms with Crippen LogP contribution < -0.4 is 15.9 Å². The summed E-state index contributed by atoms with van der Waals surface area (Å²) in [6.07, 6.45) is -5.35. The molecule has 1 atom stereocenters. The van der Waals surface area contributed by atoms with Crippen LogP contribution >= 0.6 is 29.9 Å². The van der Waals surface area contributed by atoms with E-state index in [9.17, 15) is 18.0 Å². The number of halogens is 4. The molecule has 0 N–H and O–H groups in total. The number of likely N-dealkylation sites (N-methyl/N-ethyl adjacent to an activating group) is 1. The van der Waals surface area contributed by atoms with Crippen LogP contribution in [0.1, 0.15) is 38.1 Å². The van der Waals surface area contributed by atoms with Crippen molar-refractivity contribution in [2.24, 2.45) is 0 Å². The molecule has 1 aliphatic rings. The summed E-state index contributed by atoms with van der Waals surface area (Å²) in [5.74, 6) is 0. The van der Waals surface area contributed by atoms with Gasteiger partial charge in [-0.1, -0.05) is 0 Å². The van der Waals surface area contributed by atoms with Gasteiger partial charge >= 0.3 is 269 Å². The first-order valence-corrected chi connectivity index (χ1v) is 15.2. The third-order valence-corrected chi connectivity index (χ3v) is 12.8. The molecule has 4 aromatic rings. The van der Waals surface area contributed by atoms with Crippen LogP contribution in [0.25, 0.3) is 0 Å². The number of nitrogens with zero attached hydrogens (tertiary/aromatic N) is 2. The second-order valence-corrected chi connectivity index (χ2v) is 15.0. The molecule has 0 bridgehead atoms. The summed E-state index contributed by atoms with van der Waals surface area (Å²) < 4.78 is 169. The normalized spacial score (nSPS) is 23.5. The second kappa shape index (κ2) is 11.5. The summed E-state index contributed by atoms with van der Waals surface area (Å²) in [7, 11) is -3.68. The van der Waals surface area contributed by atoms with Gasteiger partial charge in [0, 0.05) is 0 Å². The maximum absolute atomic E-state index is 13.7. The summed E-state index contributed by atoms with van der Waals surface area (Å²) in [6, 6.07) is -9.46. The predicted molar refractivity (Wildman–Crippen MR) is 168 cm³/mol. The van der Waals surface area contributed by atoms with Gasteiger partial charge in [-0.2, -0.15) is 0 Å². The van der Waals surface area contributed by atoms with Crippen LogP contribution in [0.2, 0.25) is 0 Å². The first-order valence-electron chi connectivity index (χ1n) is 19.4. The zero-order valence-electron chi connectivity index (χ0n) is 36.0. The molecule has 0 radical (unpaired) electrons. The number of carbonyl (C=O) groups excluding carboxylic acids is 1. The van der Waals surface area contributed by atoms with Crippen molar-refractivity contribution in [3.05, 3.63) is 126 Å². The van der Waals surface area contributed by atoms with Crippen LogP contribution in [0.15, 0.2) is 115 Å². The van der Waals surface area contributed by atoms with E-state index in [1.807, 2.05) is 22.6 Å². The van der Waals surface area contributed by atoms with E-state index in [1.54, 1.807) is 0 Å². The summed E-state index contributed by atoms with van der Waals surface area (Å²) >= 11 is 1.93. The van der Waals surface area contributed by atoms with E-state index in [4.69, 9.17) is 20.6 Å². The Morgan fingerprint density at radius 1 is 0.850 bits per heavy atom. The number of alkyl halides is 4. The van der Waals surface area contributed by atoms with E-state index in [0.29, 0.717) is 5.56 Å². The molecule has 1 fully saturated rings. The topological polar surface area (TPSA) is 23.6 Å². The molecule has 0 aliphatic carbocycles. The molecule has 3 nitrogen and oxygen atoms in total. The predicted octanol–water partition coefficient (Wildman–Crippen LogP) is 6.82. The third kappa shape index (κ3) is 5.64. The Hall–Kier alpha value is -2.90. The van der Waals surface area contributed by atoms with Crippen molar-refractivity contribution in [2.45, 2.75) is 22.7 Å². The van der Waals surface area contributed by atoms with Crippen LogP contribution in [0.3, 0.4) is 0 Å². The first kappa shape index (κ1) is 15.4. The Bertz CT molecular complexity index is 2010. The van der Waals surface area contributed by atoms with Crippen LogP contribution in [-0.4, -0.2) is 39.1 Å². The molecule has 0 aromatic heterocycles. The number of hydrogen-bond acceptors (Lipinski definition) is 1. The number of amides is 2. The average Bonchev–Trinajstić information content (AvgIpc) is 3.35. The maximum atomic E-state index is 13.7. The van der Waals surface area contributed by atoms with E-state index in [2.05, 4.69) is 0 Å². The Morgan fingerprint density at radius 3 is 1.73 bits per heavy atom. The van der Waals surface area contributed by atoms with Gasteiger partial charge in [-0.15, -0.1) is 0 Å². The number of benzene rings is 4. The molecule has 4 aromatic carbocycles. The number of urea groups is 1. The van der Waals surface area contributed by atoms with Gasteiger partial charge in [0.1, 0.15) is 0 Å². The van der Waals surface area contributed by atoms with Crippen molar-refractivity contribution < 1.29 is 38.5 Å². The van der Waals surface area contributed by atoms with Crippen molar-refractivity contribution in [3.63, 3.8) is 0 Å². The zero-order chi connectivity index (χ0) is 41.4. The molecule has 208 valence electrons. The quantitative estimate of drug-likeness (QED) is 0.0863. The first-order chi connectivity index (χ1) is 25.3. The molecule has 1 heterocycles. The molecular formula is C32H31F3IN2OP. The average molecular weight is 690 g/mol. The Balaban J connectivity index is 1.83. The summed E-state index contributed by atoms with van der Waals surface area (Å²) in [5, 5.41) is -1.78. The molecule has 1 unspecified atom stereocenters. The second-order valence-electron chi connectivity index (χ2n) is 9.22. The standard InChI is InChI=1S/C32H31F3IN2OP/c1-37-30(39)38(23-25-17-19-26(20-18-25)32(33,34)35)24-31(37,36)21-22-40(27-11-5-2-6-12-27,28-13-7-3-8-14-28)29-15-9-4-10-16-29/h2-20,40H,21-24H2,1H3/i2D,3D,4D,5D,6D,7D,8D,9D,10D,11D,12D,13D,14D,15D,16D. The summed E-state index contributed by atoms with van der Waals surface area (Å²) in [6.45, 7) is -0.250. The van der Waals surface area contributed by atoms with Gasteiger partial charge in [0.05, 0.1) is 0 Å². The van der Waals surface area contributed by atoms with Crippen LogP contribution in [0.5, 0.6) is 0 Å². The molecule has 0 spiro atoms. The van der Waals surface area contributed by atoms with E-state index < -0.39 is 141 Å². The third-order valence-electron chi connectivity index (χ3n) is 6.91. The van der Waals surface area contributed by atoms with Gasteiger partial charge in [-0.05, 0) is 0 Å². The number of rotatable bonds is 8. The van der Waals surface area contributed by atoms with E-state index in [1.165, 1.54) is 29.0 Å². The Labute approximate surface area is 268 Å².